The summed E-state index contributed by atoms with van der Waals surface area (Å²) in [6, 6.07) is 7.03. The molecule has 1 aromatic carbocycles. The zero-order chi connectivity index (χ0) is 13.3. The van der Waals surface area contributed by atoms with Crippen LogP contribution >= 0.6 is 0 Å². The average molecular weight is 256 g/mol. The van der Waals surface area contributed by atoms with Gasteiger partial charge in [0.2, 0.25) is 0 Å². The second-order valence-corrected chi connectivity index (χ2v) is 4.07. The Bertz CT molecular complexity index is 587. The molecule has 96 valence electrons. The first-order valence-corrected chi connectivity index (χ1v) is 5.29. The van der Waals surface area contributed by atoms with Crippen LogP contribution in [-0.4, -0.2) is 23.6 Å². The molecule has 18 heavy (non-hydrogen) atoms. The fraction of sp³-hybridized carbons (Fsp3) is 0.250. The van der Waals surface area contributed by atoms with Crippen LogP contribution in [0.4, 0.5) is 13.2 Å². The minimum atomic E-state index is -4.40. The van der Waals surface area contributed by atoms with Gasteiger partial charge in [-0.2, -0.15) is 13.2 Å². The van der Waals surface area contributed by atoms with E-state index in [1.807, 2.05) is 30.4 Å². The number of benzene rings is 1. The third-order valence-corrected chi connectivity index (χ3v) is 2.47. The van der Waals surface area contributed by atoms with Crippen molar-refractivity contribution < 1.29 is 18.0 Å². The van der Waals surface area contributed by atoms with Crippen LogP contribution < -0.4 is 5.32 Å². The van der Waals surface area contributed by atoms with Gasteiger partial charge in [-0.25, -0.2) is 0 Å². The van der Waals surface area contributed by atoms with E-state index in [9.17, 15) is 18.0 Å². The first-order valence-electron chi connectivity index (χ1n) is 5.29. The number of nitrogens with one attached hydrogen (secondary N) is 2. The van der Waals surface area contributed by atoms with Gasteiger partial charge in [0.25, 0.3) is 5.91 Å². The second kappa shape index (κ2) is 4.36. The molecule has 0 atom stereocenters. The summed E-state index contributed by atoms with van der Waals surface area (Å²) in [6.45, 7) is 0.559. The molecule has 0 aliphatic heterocycles. The number of carbonyl (C=O) groups excluding carboxylic acids is 1. The van der Waals surface area contributed by atoms with E-state index >= 15 is 0 Å². The van der Waals surface area contributed by atoms with E-state index in [0.717, 1.165) is 16.5 Å². The number of aromatic amines is 1. The summed E-state index contributed by atoms with van der Waals surface area (Å²) in [5.41, 5.74) is 1.86. The standard InChI is InChI=1S/C12H11F3N2O/c1-7-2-3-8-5-10(17-9(8)4-7)11(18)16-6-12(13,14)15/h2-5,17H,6H2,1H3,(H,16,18). The lowest BCUT2D eigenvalue weighted by Crippen LogP contribution is -2.33. The molecule has 0 radical (unpaired) electrons. The molecule has 1 aromatic heterocycles. The number of hydrogen-bond acceptors (Lipinski definition) is 1. The molecule has 0 fully saturated rings. The fourth-order valence-electron chi connectivity index (χ4n) is 1.64. The lowest BCUT2D eigenvalue weighted by Gasteiger charge is -2.06. The molecule has 3 nitrogen and oxygen atoms in total. The third kappa shape index (κ3) is 2.82. The molecule has 6 heteroatoms. The lowest BCUT2D eigenvalue weighted by molar-refractivity contribution is -0.123. The molecule has 0 aliphatic carbocycles. The van der Waals surface area contributed by atoms with E-state index in [1.54, 1.807) is 0 Å². The summed E-state index contributed by atoms with van der Waals surface area (Å²) < 4.78 is 35.9. The largest absolute Gasteiger partial charge is 0.405 e. The number of H-pyrrole nitrogens is 1. The van der Waals surface area contributed by atoms with Crippen molar-refractivity contribution in [3.05, 3.63) is 35.5 Å². The highest BCUT2D eigenvalue weighted by molar-refractivity contribution is 5.98. The molecule has 0 saturated heterocycles. The quantitative estimate of drug-likeness (QED) is 0.852. The Morgan fingerprint density at radius 3 is 2.72 bits per heavy atom. The molecule has 2 aromatic rings. The Kier molecular flexibility index (Phi) is 3.02. The summed E-state index contributed by atoms with van der Waals surface area (Å²) in [4.78, 5) is 14.3. The van der Waals surface area contributed by atoms with Crippen molar-refractivity contribution in [3.63, 3.8) is 0 Å². The molecule has 2 N–H and O–H groups in total. The Morgan fingerprint density at radius 1 is 1.33 bits per heavy atom. The summed E-state index contributed by atoms with van der Waals surface area (Å²) in [6.07, 6.45) is -4.40. The molecule has 0 bridgehead atoms. The van der Waals surface area contributed by atoms with Gasteiger partial charge in [-0.1, -0.05) is 12.1 Å². The van der Waals surface area contributed by atoms with Gasteiger partial charge in [0.05, 0.1) is 0 Å². The van der Waals surface area contributed by atoms with E-state index in [4.69, 9.17) is 0 Å². The van der Waals surface area contributed by atoms with Crippen molar-refractivity contribution in [2.24, 2.45) is 0 Å². The average Bonchev–Trinajstić information content (AvgIpc) is 2.67. The number of aromatic nitrogens is 1. The molecule has 0 unspecified atom stereocenters. The predicted octanol–water partition coefficient (Wildman–Crippen LogP) is 2.77. The van der Waals surface area contributed by atoms with Crippen LogP contribution in [0, 0.1) is 6.92 Å². The van der Waals surface area contributed by atoms with Crippen LogP contribution in [0.3, 0.4) is 0 Å². The van der Waals surface area contributed by atoms with Crippen LogP contribution in [-0.2, 0) is 0 Å². The van der Waals surface area contributed by atoms with Crippen LogP contribution in [0.2, 0.25) is 0 Å². The topological polar surface area (TPSA) is 44.9 Å². The highest BCUT2D eigenvalue weighted by atomic mass is 19.4. The number of aryl methyl sites for hydroxylation is 1. The summed E-state index contributed by atoms with van der Waals surface area (Å²) in [7, 11) is 0. The summed E-state index contributed by atoms with van der Waals surface area (Å²) in [5.74, 6) is -0.763. The highest BCUT2D eigenvalue weighted by Gasteiger charge is 2.28. The molecular weight excluding hydrogens is 245 g/mol. The van der Waals surface area contributed by atoms with E-state index in [1.165, 1.54) is 6.07 Å². The van der Waals surface area contributed by atoms with Gasteiger partial charge < -0.3 is 10.3 Å². The smallest absolute Gasteiger partial charge is 0.351 e. The first-order chi connectivity index (χ1) is 8.35. The number of alkyl halides is 3. The third-order valence-electron chi connectivity index (χ3n) is 2.47. The summed E-state index contributed by atoms with van der Waals surface area (Å²) >= 11 is 0. The van der Waals surface area contributed by atoms with Gasteiger partial charge in [-0.15, -0.1) is 0 Å². The number of amides is 1. The number of hydrogen-bond donors (Lipinski definition) is 2. The molecular formula is C12H11F3N2O. The predicted molar refractivity (Wildman–Crippen MR) is 61.4 cm³/mol. The molecule has 2 rings (SSSR count). The molecule has 0 spiro atoms. The molecule has 1 amide bonds. The zero-order valence-electron chi connectivity index (χ0n) is 9.56. The molecule has 0 aliphatic rings. The van der Waals surface area contributed by atoms with E-state index < -0.39 is 18.6 Å². The highest BCUT2D eigenvalue weighted by Crippen LogP contribution is 2.17. The Balaban J connectivity index is 2.18. The van der Waals surface area contributed by atoms with Crippen molar-refractivity contribution in [1.82, 2.24) is 10.3 Å². The maximum absolute atomic E-state index is 12.0. The van der Waals surface area contributed by atoms with Crippen LogP contribution in [0.25, 0.3) is 10.9 Å². The molecule has 1 heterocycles. The van der Waals surface area contributed by atoms with Gasteiger partial charge in [-0.3, -0.25) is 4.79 Å². The van der Waals surface area contributed by atoms with Gasteiger partial charge in [0, 0.05) is 10.9 Å². The second-order valence-electron chi connectivity index (χ2n) is 4.07. The van der Waals surface area contributed by atoms with Crippen LogP contribution in [0.15, 0.2) is 24.3 Å². The Morgan fingerprint density at radius 2 is 2.06 bits per heavy atom. The maximum Gasteiger partial charge on any atom is 0.405 e. The SMILES string of the molecule is Cc1ccc2cc(C(=O)NCC(F)(F)F)[nH]c2c1. The number of carbonyl (C=O) groups is 1. The Labute approximate surface area is 101 Å². The minimum absolute atomic E-state index is 0.125. The van der Waals surface area contributed by atoms with Gasteiger partial charge in [0.15, 0.2) is 0 Å². The zero-order valence-corrected chi connectivity index (χ0v) is 9.56. The van der Waals surface area contributed by atoms with Crippen molar-refractivity contribution in [3.8, 4) is 0 Å². The Hall–Kier alpha value is -1.98. The number of halogens is 3. The normalized spacial score (nSPS) is 11.8. The van der Waals surface area contributed by atoms with Crippen LogP contribution in [0.5, 0.6) is 0 Å². The van der Waals surface area contributed by atoms with Crippen molar-refractivity contribution in [1.29, 1.82) is 0 Å². The maximum atomic E-state index is 12.0. The number of rotatable bonds is 2. The van der Waals surface area contributed by atoms with Gasteiger partial charge in [-0.05, 0) is 24.6 Å². The first kappa shape index (κ1) is 12.5. The number of fused-ring (bicyclic) bond motifs is 1. The molecule has 0 saturated carbocycles. The van der Waals surface area contributed by atoms with E-state index in [-0.39, 0.29) is 5.69 Å². The van der Waals surface area contributed by atoms with E-state index in [2.05, 4.69) is 4.98 Å². The monoisotopic (exact) mass is 256 g/mol. The summed E-state index contributed by atoms with van der Waals surface area (Å²) in [5, 5.41) is 2.61. The van der Waals surface area contributed by atoms with Crippen molar-refractivity contribution in [2.75, 3.05) is 6.54 Å². The van der Waals surface area contributed by atoms with E-state index in [0.29, 0.717) is 0 Å². The van der Waals surface area contributed by atoms with Gasteiger partial charge >= 0.3 is 6.18 Å². The van der Waals surface area contributed by atoms with Gasteiger partial charge in [0.1, 0.15) is 12.2 Å². The lowest BCUT2D eigenvalue weighted by atomic mass is 10.2. The van der Waals surface area contributed by atoms with Crippen molar-refractivity contribution in [2.45, 2.75) is 13.1 Å². The fourth-order valence-corrected chi connectivity index (χ4v) is 1.64. The van der Waals surface area contributed by atoms with Crippen molar-refractivity contribution >= 4 is 16.8 Å². The minimum Gasteiger partial charge on any atom is -0.351 e. The van der Waals surface area contributed by atoms with Crippen LogP contribution in [0.1, 0.15) is 16.1 Å².